The van der Waals surface area contributed by atoms with E-state index in [1.807, 2.05) is 13.0 Å². The first kappa shape index (κ1) is 14.2. The summed E-state index contributed by atoms with van der Waals surface area (Å²) in [6.07, 6.45) is 6.12. The lowest BCUT2D eigenvalue weighted by atomic mass is 9.80. The van der Waals surface area contributed by atoms with Gasteiger partial charge in [-0.25, -0.2) is 4.39 Å². The molecule has 3 rings (SSSR count). The Labute approximate surface area is 123 Å². The third-order valence-corrected chi connectivity index (χ3v) is 4.12. The minimum absolute atomic E-state index is 0.236. The molecule has 1 aliphatic rings. The van der Waals surface area contributed by atoms with Gasteiger partial charge in [0, 0.05) is 17.5 Å². The lowest BCUT2D eigenvalue weighted by Gasteiger charge is -2.31. The zero-order valence-corrected chi connectivity index (χ0v) is 12.2. The van der Waals surface area contributed by atoms with Crippen LogP contribution in [-0.4, -0.2) is 15.7 Å². The Hall–Kier alpha value is -1.75. The van der Waals surface area contributed by atoms with Crippen molar-refractivity contribution in [1.29, 1.82) is 0 Å². The van der Waals surface area contributed by atoms with E-state index < -0.39 is 0 Å². The molecule has 0 saturated heterocycles. The second kappa shape index (κ2) is 5.56. The molecule has 112 valence electrons. The van der Waals surface area contributed by atoms with Crippen LogP contribution in [0.15, 0.2) is 22.7 Å². The molecule has 4 nitrogen and oxygen atoms in total. The maximum atomic E-state index is 13.4. The summed E-state index contributed by atoms with van der Waals surface area (Å²) in [6, 6.07) is 4.73. The third-order valence-electron chi connectivity index (χ3n) is 4.12. The number of rotatable bonds is 3. The highest BCUT2D eigenvalue weighted by Gasteiger charge is 2.30. The van der Waals surface area contributed by atoms with Crippen molar-refractivity contribution >= 4 is 0 Å². The molecule has 2 N–H and O–H groups in total. The molecule has 0 amide bonds. The van der Waals surface area contributed by atoms with E-state index in [1.54, 1.807) is 0 Å². The highest BCUT2D eigenvalue weighted by Crippen LogP contribution is 2.29. The molecule has 0 radical (unpaired) electrons. The molecule has 0 aliphatic heterocycles. The van der Waals surface area contributed by atoms with Crippen LogP contribution < -0.4 is 5.73 Å². The zero-order valence-electron chi connectivity index (χ0n) is 12.2. The molecule has 5 heteroatoms. The fourth-order valence-corrected chi connectivity index (χ4v) is 3.04. The summed E-state index contributed by atoms with van der Waals surface area (Å²) in [4.78, 5) is 4.38. The van der Waals surface area contributed by atoms with Gasteiger partial charge in [0.2, 0.25) is 11.7 Å². The van der Waals surface area contributed by atoms with E-state index in [0.29, 0.717) is 23.7 Å². The smallest absolute Gasteiger partial charge is 0.228 e. The van der Waals surface area contributed by atoms with Crippen molar-refractivity contribution in [2.45, 2.75) is 51.0 Å². The predicted octanol–water partition coefficient (Wildman–Crippen LogP) is 3.39. The Kier molecular flexibility index (Phi) is 3.76. The summed E-state index contributed by atoms with van der Waals surface area (Å²) in [5, 5.41) is 3.96. The van der Waals surface area contributed by atoms with E-state index in [2.05, 4.69) is 10.1 Å². The molecule has 21 heavy (non-hydrogen) atoms. The van der Waals surface area contributed by atoms with Crippen molar-refractivity contribution in [2.24, 2.45) is 5.73 Å². The number of aromatic nitrogens is 2. The van der Waals surface area contributed by atoms with E-state index in [9.17, 15) is 4.39 Å². The van der Waals surface area contributed by atoms with Gasteiger partial charge < -0.3 is 10.3 Å². The molecule has 2 aromatic rings. The number of halogens is 1. The van der Waals surface area contributed by atoms with Crippen LogP contribution in [-0.2, 0) is 6.42 Å². The highest BCUT2D eigenvalue weighted by atomic mass is 19.1. The van der Waals surface area contributed by atoms with Gasteiger partial charge in [-0.3, -0.25) is 0 Å². The maximum absolute atomic E-state index is 13.4. The number of nitrogens with two attached hydrogens (primary N) is 1. The van der Waals surface area contributed by atoms with Gasteiger partial charge in [-0.05, 0) is 43.5 Å². The third kappa shape index (κ3) is 3.29. The average Bonchev–Trinajstić information content (AvgIpc) is 2.86. The van der Waals surface area contributed by atoms with E-state index >= 15 is 0 Å². The van der Waals surface area contributed by atoms with Gasteiger partial charge in [-0.1, -0.05) is 24.4 Å². The molecule has 1 heterocycles. The van der Waals surface area contributed by atoms with Gasteiger partial charge in [0.1, 0.15) is 5.82 Å². The highest BCUT2D eigenvalue weighted by molar-refractivity contribution is 5.55. The maximum Gasteiger partial charge on any atom is 0.228 e. The number of aryl methyl sites for hydroxylation is 1. The van der Waals surface area contributed by atoms with E-state index in [0.717, 1.165) is 31.2 Å². The minimum atomic E-state index is -0.293. The minimum Gasteiger partial charge on any atom is -0.339 e. The Bertz CT molecular complexity index is 612. The summed E-state index contributed by atoms with van der Waals surface area (Å²) >= 11 is 0. The molecule has 1 aromatic carbocycles. The van der Waals surface area contributed by atoms with Crippen LogP contribution in [0.2, 0.25) is 0 Å². The number of benzene rings is 1. The average molecular weight is 289 g/mol. The molecule has 1 aliphatic carbocycles. The van der Waals surface area contributed by atoms with E-state index in [4.69, 9.17) is 10.3 Å². The molecule has 1 saturated carbocycles. The number of hydrogen-bond donors (Lipinski definition) is 1. The summed E-state index contributed by atoms with van der Waals surface area (Å²) in [5.41, 5.74) is 7.63. The lowest BCUT2D eigenvalue weighted by Crippen LogP contribution is -2.43. The SMILES string of the molecule is Cc1cc(F)cc(-c2noc(CC3(N)CCCCC3)n2)c1. The zero-order chi connectivity index (χ0) is 14.9. The van der Waals surface area contributed by atoms with Gasteiger partial charge in [0.15, 0.2) is 0 Å². The monoisotopic (exact) mass is 289 g/mol. The molecule has 0 atom stereocenters. The first-order valence-electron chi connectivity index (χ1n) is 7.43. The van der Waals surface area contributed by atoms with Gasteiger partial charge in [0.05, 0.1) is 0 Å². The number of nitrogens with zero attached hydrogens (tertiary/aromatic N) is 2. The molecule has 0 spiro atoms. The summed E-state index contributed by atoms with van der Waals surface area (Å²) < 4.78 is 18.8. The van der Waals surface area contributed by atoms with Crippen LogP contribution >= 0.6 is 0 Å². The van der Waals surface area contributed by atoms with E-state index in [-0.39, 0.29) is 11.4 Å². The van der Waals surface area contributed by atoms with Crippen LogP contribution in [0.1, 0.15) is 43.6 Å². The fraction of sp³-hybridized carbons (Fsp3) is 0.500. The van der Waals surface area contributed by atoms with Crippen molar-refractivity contribution in [1.82, 2.24) is 10.1 Å². The van der Waals surface area contributed by atoms with Crippen LogP contribution in [0.3, 0.4) is 0 Å². The Morgan fingerprint density at radius 3 is 2.71 bits per heavy atom. The second-order valence-electron chi connectivity index (χ2n) is 6.13. The lowest BCUT2D eigenvalue weighted by molar-refractivity contribution is 0.261. The molecule has 0 unspecified atom stereocenters. The summed E-state index contributed by atoms with van der Waals surface area (Å²) in [7, 11) is 0. The molecular weight excluding hydrogens is 269 g/mol. The number of hydrogen-bond acceptors (Lipinski definition) is 4. The Balaban J connectivity index is 1.79. The fourth-order valence-electron chi connectivity index (χ4n) is 3.04. The normalized spacial score (nSPS) is 17.9. The predicted molar refractivity (Wildman–Crippen MR) is 78.1 cm³/mol. The van der Waals surface area contributed by atoms with Gasteiger partial charge in [-0.2, -0.15) is 4.98 Å². The van der Waals surface area contributed by atoms with Crippen LogP contribution in [0.25, 0.3) is 11.4 Å². The summed E-state index contributed by atoms with van der Waals surface area (Å²) in [6.45, 7) is 1.84. The standard InChI is InChI=1S/C16H20FN3O/c1-11-7-12(9-13(17)8-11)15-19-14(21-20-15)10-16(18)5-3-2-4-6-16/h7-9H,2-6,10,18H2,1H3. The first-order valence-corrected chi connectivity index (χ1v) is 7.43. The van der Waals surface area contributed by atoms with Crippen molar-refractivity contribution < 1.29 is 8.91 Å². The van der Waals surface area contributed by atoms with Crippen molar-refractivity contribution in [2.75, 3.05) is 0 Å². The molecule has 1 aromatic heterocycles. The van der Waals surface area contributed by atoms with Crippen molar-refractivity contribution in [3.8, 4) is 11.4 Å². The quantitative estimate of drug-likeness (QED) is 0.940. The largest absolute Gasteiger partial charge is 0.339 e. The van der Waals surface area contributed by atoms with Gasteiger partial charge >= 0.3 is 0 Å². The van der Waals surface area contributed by atoms with Gasteiger partial charge in [-0.15, -0.1) is 0 Å². The van der Waals surface area contributed by atoms with Gasteiger partial charge in [0.25, 0.3) is 0 Å². The molecular formula is C16H20FN3O. The van der Waals surface area contributed by atoms with Crippen LogP contribution in [0.5, 0.6) is 0 Å². The summed E-state index contributed by atoms with van der Waals surface area (Å²) in [5.74, 6) is 0.669. The van der Waals surface area contributed by atoms with Crippen LogP contribution in [0, 0.1) is 12.7 Å². The van der Waals surface area contributed by atoms with Crippen LogP contribution in [0.4, 0.5) is 4.39 Å². The Morgan fingerprint density at radius 1 is 1.24 bits per heavy atom. The molecule has 0 bridgehead atoms. The second-order valence-corrected chi connectivity index (χ2v) is 6.13. The molecule has 1 fully saturated rings. The van der Waals surface area contributed by atoms with Crippen molar-refractivity contribution in [3.05, 3.63) is 35.5 Å². The topological polar surface area (TPSA) is 64.9 Å². The van der Waals surface area contributed by atoms with Crippen molar-refractivity contribution in [3.63, 3.8) is 0 Å². The first-order chi connectivity index (χ1) is 10.0. The van der Waals surface area contributed by atoms with E-state index in [1.165, 1.54) is 18.6 Å². The Morgan fingerprint density at radius 2 is 2.00 bits per heavy atom.